The van der Waals surface area contributed by atoms with E-state index < -0.39 is 26.5 Å². The molecule has 1 N–H and O–H groups in total. The summed E-state index contributed by atoms with van der Waals surface area (Å²) in [6.45, 7) is 5.32. The maximum atomic E-state index is 12.5. The highest BCUT2D eigenvalue weighted by atomic mass is 31.2. The molecular formula is C41H73O8P. The van der Waals surface area contributed by atoms with Gasteiger partial charge in [0.15, 0.2) is 6.10 Å². The highest BCUT2D eigenvalue weighted by molar-refractivity contribution is 7.47. The topological polar surface area (TPSA) is 108 Å². The van der Waals surface area contributed by atoms with Crippen molar-refractivity contribution in [3.63, 3.8) is 0 Å². The molecule has 0 spiro atoms. The minimum absolute atomic E-state index is 0.00336. The minimum atomic E-state index is -4.28. The standard InChI is InChI=1S/C41H73O8P/c1-4-7-9-11-13-15-17-18-19-20-21-22-23-24-26-28-30-32-34-36-41(43)49-39(38-48-50(44,45)47-6-3)37-46-40(42)35-33-31-29-27-25-16-14-12-10-8-5-2/h7,9,13,15,18-19,21-22,39H,4-6,8,10-12,14,16-17,20,23-38H2,1-3H3,(H,44,45)/b9-7-,15-13-,19-18-,22-21-. The molecule has 0 saturated carbocycles. The number of carbonyl (C=O) groups is 2. The lowest BCUT2D eigenvalue weighted by atomic mass is 10.1. The number of hydrogen-bond donors (Lipinski definition) is 1. The Morgan fingerprint density at radius 3 is 1.54 bits per heavy atom. The quantitative estimate of drug-likeness (QED) is 0.0294. The third-order valence-corrected chi connectivity index (χ3v) is 9.21. The van der Waals surface area contributed by atoms with Crippen molar-refractivity contribution < 1.29 is 37.6 Å². The molecule has 0 aromatic heterocycles. The number of phosphoric acid groups is 1. The Morgan fingerprint density at radius 2 is 1.02 bits per heavy atom. The van der Waals surface area contributed by atoms with Gasteiger partial charge in [-0.25, -0.2) is 4.57 Å². The summed E-state index contributed by atoms with van der Waals surface area (Å²) in [6, 6.07) is 0. The molecule has 0 aromatic carbocycles. The van der Waals surface area contributed by atoms with Gasteiger partial charge in [0.05, 0.1) is 13.2 Å². The van der Waals surface area contributed by atoms with E-state index in [4.69, 9.17) is 18.5 Å². The number of allylic oxidation sites excluding steroid dienone is 8. The Hall–Kier alpha value is -1.99. The van der Waals surface area contributed by atoms with Crippen LogP contribution in [0.3, 0.4) is 0 Å². The molecule has 0 rings (SSSR count). The fraction of sp³-hybridized carbons (Fsp3) is 0.756. The lowest BCUT2D eigenvalue weighted by Crippen LogP contribution is -2.29. The van der Waals surface area contributed by atoms with E-state index in [1.807, 2.05) is 0 Å². The predicted octanol–water partition coefficient (Wildman–Crippen LogP) is 12.2. The van der Waals surface area contributed by atoms with Crippen LogP contribution in [0.25, 0.3) is 0 Å². The van der Waals surface area contributed by atoms with Gasteiger partial charge >= 0.3 is 19.8 Å². The zero-order chi connectivity index (χ0) is 36.8. The first-order chi connectivity index (χ1) is 24.3. The predicted molar refractivity (Wildman–Crippen MR) is 207 cm³/mol. The Bertz CT molecular complexity index is 958. The van der Waals surface area contributed by atoms with Crippen LogP contribution in [0.15, 0.2) is 48.6 Å². The van der Waals surface area contributed by atoms with Crippen LogP contribution in [0.4, 0.5) is 0 Å². The van der Waals surface area contributed by atoms with Gasteiger partial charge in [-0.15, -0.1) is 0 Å². The molecule has 0 aliphatic heterocycles. The van der Waals surface area contributed by atoms with Crippen molar-refractivity contribution >= 4 is 19.8 Å². The van der Waals surface area contributed by atoms with E-state index in [9.17, 15) is 19.0 Å². The molecule has 50 heavy (non-hydrogen) atoms. The van der Waals surface area contributed by atoms with Crippen LogP contribution < -0.4 is 0 Å². The number of rotatable bonds is 36. The number of esters is 2. The van der Waals surface area contributed by atoms with Gasteiger partial charge in [0.1, 0.15) is 6.61 Å². The summed E-state index contributed by atoms with van der Waals surface area (Å²) >= 11 is 0. The monoisotopic (exact) mass is 725 g/mol. The summed E-state index contributed by atoms with van der Waals surface area (Å²) in [5.74, 6) is -0.815. The van der Waals surface area contributed by atoms with Crippen molar-refractivity contribution in [2.24, 2.45) is 0 Å². The normalized spacial score (nSPS) is 13.9. The largest absolute Gasteiger partial charge is 0.472 e. The molecule has 2 unspecified atom stereocenters. The minimum Gasteiger partial charge on any atom is -0.462 e. The summed E-state index contributed by atoms with van der Waals surface area (Å²) in [6.07, 6.45) is 41.6. The van der Waals surface area contributed by atoms with Crippen molar-refractivity contribution in [2.45, 2.75) is 181 Å². The molecular weight excluding hydrogens is 651 g/mol. The Balaban J connectivity index is 4.14. The molecule has 0 heterocycles. The van der Waals surface area contributed by atoms with Crippen molar-refractivity contribution in [1.29, 1.82) is 0 Å². The fourth-order valence-electron chi connectivity index (χ4n) is 5.27. The van der Waals surface area contributed by atoms with Gasteiger partial charge in [0, 0.05) is 12.8 Å². The highest BCUT2D eigenvalue weighted by Crippen LogP contribution is 2.43. The van der Waals surface area contributed by atoms with E-state index in [0.717, 1.165) is 83.5 Å². The second kappa shape index (κ2) is 36.8. The van der Waals surface area contributed by atoms with E-state index in [1.54, 1.807) is 6.92 Å². The van der Waals surface area contributed by atoms with Gasteiger partial charge in [-0.1, -0.05) is 152 Å². The smallest absolute Gasteiger partial charge is 0.462 e. The first-order valence-corrected chi connectivity index (χ1v) is 21.4. The van der Waals surface area contributed by atoms with E-state index in [0.29, 0.717) is 12.8 Å². The maximum Gasteiger partial charge on any atom is 0.472 e. The number of carbonyl (C=O) groups excluding carboxylic acids is 2. The molecule has 0 bridgehead atoms. The van der Waals surface area contributed by atoms with Crippen LogP contribution in [0.1, 0.15) is 175 Å². The summed E-state index contributed by atoms with van der Waals surface area (Å²) in [5, 5.41) is 0. The lowest BCUT2D eigenvalue weighted by molar-refractivity contribution is -0.161. The van der Waals surface area contributed by atoms with Crippen molar-refractivity contribution in [2.75, 3.05) is 19.8 Å². The summed E-state index contributed by atoms with van der Waals surface area (Å²) in [4.78, 5) is 34.6. The second-order valence-electron chi connectivity index (χ2n) is 12.9. The third kappa shape index (κ3) is 35.8. The number of ether oxygens (including phenoxy) is 2. The first-order valence-electron chi connectivity index (χ1n) is 19.9. The summed E-state index contributed by atoms with van der Waals surface area (Å²) < 4.78 is 32.5. The Morgan fingerprint density at radius 1 is 0.560 bits per heavy atom. The highest BCUT2D eigenvalue weighted by Gasteiger charge is 2.25. The Kier molecular flexibility index (Phi) is 35.3. The van der Waals surface area contributed by atoms with Crippen LogP contribution in [-0.4, -0.2) is 42.8 Å². The average Bonchev–Trinajstić information content (AvgIpc) is 3.09. The fourth-order valence-corrected chi connectivity index (χ4v) is 6.02. The van der Waals surface area contributed by atoms with Crippen LogP contribution in [0, 0.1) is 0 Å². The molecule has 0 fully saturated rings. The van der Waals surface area contributed by atoms with E-state index in [1.165, 1.54) is 51.4 Å². The molecule has 0 amide bonds. The van der Waals surface area contributed by atoms with Gasteiger partial charge in [0.2, 0.25) is 0 Å². The van der Waals surface area contributed by atoms with Crippen molar-refractivity contribution in [3.8, 4) is 0 Å². The van der Waals surface area contributed by atoms with Crippen LogP contribution in [-0.2, 0) is 32.7 Å². The number of unbranched alkanes of at least 4 members (excludes halogenated alkanes) is 16. The Labute approximate surface area is 306 Å². The van der Waals surface area contributed by atoms with Gasteiger partial charge in [-0.3, -0.25) is 18.6 Å². The molecule has 8 nitrogen and oxygen atoms in total. The van der Waals surface area contributed by atoms with Crippen molar-refractivity contribution in [1.82, 2.24) is 0 Å². The maximum absolute atomic E-state index is 12.5. The average molecular weight is 725 g/mol. The summed E-state index contributed by atoms with van der Waals surface area (Å²) in [5.41, 5.74) is 0. The molecule has 2 atom stereocenters. The number of hydrogen-bond acceptors (Lipinski definition) is 7. The lowest BCUT2D eigenvalue weighted by Gasteiger charge is -2.19. The molecule has 0 radical (unpaired) electrons. The molecule has 0 saturated heterocycles. The molecule has 9 heteroatoms. The number of phosphoric ester groups is 1. The molecule has 0 aliphatic carbocycles. The van der Waals surface area contributed by atoms with E-state index >= 15 is 0 Å². The molecule has 290 valence electrons. The van der Waals surface area contributed by atoms with Gasteiger partial charge in [0.25, 0.3) is 0 Å². The zero-order valence-corrected chi connectivity index (χ0v) is 32.9. The van der Waals surface area contributed by atoms with E-state index in [2.05, 4.69) is 62.5 Å². The van der Waals surface area contributed by atoms with Gasteiger partial charge in [-0.05, 0) is 58.3 Å². The van der Waals surface area contributed by atoms with Crippen LogP contribution in [0.5, 0.6) is 0 Å². The van der Waals surface area contributed by atoms with Crippen LogP contribution >= 0.6 is 7.82 Å². The van der Waals surface area contributed by atoms with Crippen molar-refractivity contribution in [3.05, 3.63) is 48.6 Å². The third-order valence-electron chi connectivity index (χ3n) is 8.15. The van der Waals surface area contributed by atoms with Gasteiger partial charge < -0.3 is 14.4 Å². The molecule has 0 aliphatic rings. The van der Waals surface area contributed by atoms with E-state index in [-0.39, 0.29) is 25.6 Å². The zero-order valence-electron chi connectivity index (χ0n) is 32.0. The summed E-state index contributed by atoms with van der Waals surface area (Å²) in [7, 11) is -4.28. The molecule has 0 aromatic rings. The second-order valence-corrected chi connectivity index (χ2v) is 14.4. The SMILES string of the molecule is CC/C=C\C/C=C\C/C=C\C/C=C\CCCCCCCCC(=O)OC(COC(=O)CCCCCCCCCCCCC)COP(=O)(O)OCC. The van der Waals surface area contributed by atoms with Crippen LogP contribution in [0.2, 0.25) is 0 Å². The first kappa shape index (κ1) is 48.0. The van der Waals surface area contributed by atoms with Gasteiger partial charge in [-0.2, -0.15) is 0 Å².